The molecule has 0 aliphatic carbocycles. The lowest BCUT2D eigenvalue weighted by Crippen LogP contribution is -2.22. The minimum absolute atomic E-state index is 0.126. The lowest BCUT2D eigenvalue weighted by molar-refractivity contribution is -0.113. The summed E-state index contributed by atoms with van der Waals surface area (Å²) in [5.74, 6) is -0.0743. The number of thioether (sulfide) groups is 1. The van der Waals surface area contributed by atoms with E-state index < -0.39 is 10.0 Å². The molecule has 0 atom stereocenters. The van der Waals surface area contributed by atoms with Gasteiger partial charge in [-0.25, -0.2) is 17.7 Å². The van der Waals surface area contributed by atoms with Crippen LogP contribution in [0.15, 0.2) is 51.7 Å². The number of aromatic nitrogens is 1. The zero-order valence-electron chi connectivity index (χ0n) is 14.5. The highest BCUT2D eigenvalue weighted by Gasteiger charge is 2.17. The highest BCUT2D eigenvalue weighted by Crippen LogP contribution is 2.31. The maximum atomic E-state index is 12.2. The van der Waals surface area contributed by atoms with E-state index in [0.717, 1.165) is 18.9 Å². The smallest absolute Gasteiger partial charge is 0.242 e. The predicted octanol–water partition coefficient (Wildman–Crippen LogP) is 3.93. The number of thiazole rings is 1. The Kier molecular flexibility index (Phi) is 6.07. The van der Waals surface area contributed by atoms with Crippen molar-refractivity contribution in [3.8, 4) is 0 Å². The van der Waals surface area contributed by atoms with E-state index in [1.54, 1.807) is 24.3 Å². The zero-order chi connectivity index (χ0) is 19.6. The summed E-state index contributed by atoms with van der Waals surface area (Å²) in [6.07, 6.45) is 0. The van der Waals surface area contributed by atoms with E-state index in [1.807, 2.05) is 6.07 Å². The van der Waals surface area contributed by atoms with Gasteiger partial charge in [-0.2, -0.15) is 0 Å². The van der Waals surface area contributed by atoms with Gasteiger partial charge in [-0.3, -0.25) is 4.79 Å². The first-order valence-corrected chi connectivity index (χ1v) is 11.4. The minimum atomic E-state index is -3.55. The molecule has 0 bridgehead atoms. The number of nitrogens with zero attached hydrogens (tertiary/aromatic N) is 2. The van der Waals surface area contributed by atoms with Gasteiger partial charge >= 0.3 is 0 Å². The average Bonchev–Trinajstić information content (AvgIpc) is 3.02. The number of carbonyl (C=O) groups excluding carboxylic acids is 1. The standard InChI is InChI=1S/C17H16ClN3O3S3/c1-21(2)27(23,24)13-5-3-4-12(9-13)19-16(22)10-25-17-20-14-8-11(18)6-7-15(14)26-17/h3-9H,10H2,1-2H3,(H,19,22). The highest BCUT2D eigenvalue weighted by molar-refractivity contribution is 8.01. The fraction of sp³-hybridized carbons (Fsp3) is 0.176. The van der Waals surface area contributed by atoms with Crippen molar-refractivity contribution in [3.63, 3.8) is 0 Å². The van der Waals surface area contributed by atoms with Crippen LogP contribution in [0.5, 0.6) is 0 Å². The average molecular weight is 442 g/mol. The van der Waals surface area contributed by atoms with Gasteiger partial charge in [-0.05, 0) is 36.4 Å². The zero-order valence-corrected chi connectivity index (χ0v) is 17.7. The molecular weight excluding hydrogens is 426 g/mol. The number of amides is 1. The van der Waals surface area contributed by atoms with E-state index in [4.69, 9.17) is 11.6 Å². The van der Waals surface area contributed by atoms with Crippen LogP contribution in [0.3, 0.4) is 0 Å². The van der Waals surface area contributed by atoms with Crippen molar-refractivity contribution in [2.24, 2.45) is 0 Å². The fourth-order valence-electron chi connectivity index (χ4n) is 2.21. The van der Waals surface area contributed by atoms with Crippen LogP contribution in [0.4, 0.5) is 5.69 Å². The van der Waals surface area contributed by atoms with Crippen LogP contribution in [-0.4, -0.2) is 43.5 Å². The molecule has 3 aromatic rings. The van der Waals surface area contributed by atoms with E-state index in [1.165, 1.54) is 49.3 Å². The summed E-state index contributed by atoms with van der Waals surface area (Å²) in [6, 6.07) is 11.7. The van der Waals surface area contributed by atoms with Crippen molar-refractivity contribution in [2.75, 3.05) is 25.2 Å². The fourth-order valence-corrected chi connectivity index (χ4v) is 5.17. The summed E-state index contributed by atoms with van der Waals surface area (Å²) < 4.78 is 27.3. The van der Waals surface area contributed by atoms with Crippen LogP contribution in [0.1, 0.15) is 0 Å². The second kappa shape index (κ2) is 8.15. The van der Waals surface area contributed by atoms with E-state index >= 15 is 0 Å². The largest absolute Gasteiger partial charge is 0.325 e. The molecule has 1 aromatic heterocycles. The van der Waals surface area contributed by atoms with Crippen LogP contribution in [-0.2, 0) is 14.8 Å². The lowest BCUT2D eigenvalue weighted by Gasteiger charge is -2.12. The van der Waals surface area contributed by atoms with Gasteiger partial charge in [0.15, 0.2) is 4.34 Å². The summed E-state index contributed by atoms with van der Waals surface area (Å²) in [4.78, 5) is 16.8. The van der Waals surface area contributed by atoms with Crippen molar-refractivity contribution in [1.29, 1.82) is 0 Å². The molecule has 0 unspecified atom stereocenters. The minimum Gasteiger partial charge on any atom is -0.325 e. The molecule has 0 fully saturated rings. The topological polar surface area (TPSA) is 79.4 Å². The molecule has 0 radical (unpaired) electrons. The molecule has 1 heterocycles. The van der Waals surface area contributed by atoms with Gasteiger partial charge in [0.25, 0.3) is 0 Å². The molecule has 27 heavy (non-hydrogen) atoms. The van der Waals surface area contributed by atoms with Gasteiger partial charge in [0, 0.05) is 24.8 Å². The Morgan fingerprint density at radius 1 is 1.26 bits per heavy atom. The molecule has 0 aliphatic heterocycles. The number of sulfonamides is 1. The normalized spacial score (nSPS) is 11.9. The van der Waals surface area contributed by atoms with Crippen LogP contribution < -0.4 is 5.32 Å². The molecule has 2 aromatic carbocycles. The Hall–Kier alpha value is -1.65. The number of anilines is 1. The van der Waals surface area contributed by atoms with Crippen LogP contribution >= 0.6 is 34.7 Å². The van der Waals surface area contributed by atoms with Crippen molar-refractivity contribution in [2.45, 2.75) is 9.24 Å². The summed E-state index contributed by atoms with van der Waals surface area (Å²) >= 11 is 8.77. The number of fused-ring (bicyclic) bond motifs is 1. The number of carbonyl (C=O) groups is 1. The van der Waals surface area contributed by atoms with Gasteiger partial charge in [0.1, 0.15) is 0 Å². The third kappa shape index (κ3) is 4.80. The van der Waals surface area contributed by atoms with Gasteiger partial charge < -0.3 is 5.32 Å². The molecule has 0 saturated carbocycles. The Morgan fingerprint density at radius 2 is 2.04 bits per heavy atom. The maximum Gasteiger partial charge on any atom is 0.242 e. The lowest BCUT2D eigenvalue weighted by atomic mass is 10.3. The summed E-state index contributed by atoms with van der Waals surface area (Å²) in [5, 5.41) is 3.34. The first-order chi connectivity index (χ1) is 12.8. The summed E-state index contributed by atoms with van der Waals surface area (Å²) in [7, 11) is -0.630. The maximum absolute atomic E-state index is 12.2. The van der Waals surface area contributed by atoms with Crippen molar-refractivity contribution >= 4 is 66.5 Å². The molecule has 6 nitrogen and oxygen atoms in total. The second-order valence-electron chi connectivity index (χ2n) is 5.74. The molecule has 0 aliphatic rings. The van der Waals surface area contributed by atoms with Crippen molar-refractivity contribution < 1.29 is 13.2 Å². The van der Waals surface area contributed by atoms with Crippen LogP contribution in [0.2, 0.25) is 5.02 Å². The molecular formula is C17H16ClN3O3S3. The molecule has 142 valence electrons. The van der Waals surface area contributed by atoms with Crippen LogP contribution in [0, 0.1) is 0 Å². The molecule has 1 N–H and O–H groups in total. The van der Waals surface area contributed by atoms with E-state index in [9.17, 15) is 13.2 Å². The van der Waals surface area contributed by atoms with Gasteiger partial charge in [-0.15, -0.1) is 11.3 Å². The Labute approximate surface area is 170 Å². The third-order valence-electron chi connectivity index (χ3n) is 3.55. The summed E-state index contributed by atoms with van der Waals surface area (Å²) in [6.45, 7) is 0. The van der Waals surface area contributed by atoms with Gasteiger partial charge in [0.2, 0.25) is 15.9 Å². The summed E-state index contributed by atoms with van der Waals surface area (Å²) in [5.41, 5.74) is 1.23. The molecule has 0 spiro atoms. The SMILES string of the molecule is CN(C)S(=O)(=O)c1cccc(NC(=O)CSc2nc3cc(Cl)ccc3s2)c1. The highest BCUT2D eigenvalue weighted by atomic mass is 35.5. The van der Waals surface area contributed by atoms with E-state index in [0.29, 0.717) is 10.7 Å². The second-order valence-corrected chi connectivity index (χ2v) is 10.6. The number of nitrogens with one attached hydrogen (secondary N) is 1. The molecule has 3 rings (SSSR count). The molecule has 0 saturated heterocycles. The Bertz CT molecular complexity index is 1100. The first kappa shape index (κ1) is 20.1. The number of hydrogen-bond acceptors (Lipinski definition) is 6. The number of hydrogen-bond donors (Lipinski definition) is 1. The van der Waals surface area contributed by atoms with Crippen LogP contribution in [0.25, 0.3) is 10.2 Å². The number of benzene rings is 2. The Morgan fingerprint density at radius 3 is 2.78 bits per heavy atom. The predicted molar refractivity (Wildman–Crippen MR) is 111 cm³/mol. The number of halogens is 1. The number of rotatable bonds is 6. The van der Waals surface area contributed by atoms with E-state index in [2.05, 4.69) is 10.3 Å². The third-order valence-corrected chi connectivity index (χ3v) is 7.78. The van der Waals surface area contributed by atoms with Crippen molar-refractivity contribution in [1.82, 2.24) is 9.29 Å². The Balaban J connectivity index is 1.65. The van der Waals surface area contributed by atoms with Gasteiger partial charge in [-0.1, -0.05) is 29.4 Å². The van der Waals surface area contributed by atoms with E-state index in [-0.39, 0.29) is 16.6 Å². The molecule has 1 amide bonds. The van der Waals surface area contributed by atoms with Gasteiger partial charge in [0.05, 0.1) is 20.9 Å². The quantitative estimate of drug-likeness (QED) is 0.586. The first-order valence-electron chi connectivity index (χ1n) is 7.77. The van der Waals surface area contributed by atoms with Crippen molar-refractivity contribution in [3.05, 3.63) is 47.5 Å². The molecule has 10 heteroatoms. The monoisotopic (exact) mass is 441 g/mol.